The number of hydrogen-bond acceptors (Lipinski definition) is 7. The lowest BCUT2D eigenvalue weighted by molar-refractivity contribution is 0.129. The molecule has 0 radical (unpaired) electrons. The molecule has 1 N–H and O–H groups in total. The van der Waals surface area contributed by atoms with Crippen molar-refractivity contribution in [3.8, 4) is 17.4 Å². The lowest BCUT2D eigenvalue weighted by atomic mass is 10.2. The van der Waals surface area contributed by atoms with Crippen LogP contribution in [0.4, 0.5) is 11.4 Å². The smallest absolute Gasteiger partial charge is 0.240 e. The average molecular weight is 430 g/mol. The van der Waals surface area contributed by atoms with Crippen molar-refractivity contribution in [2.45, 2.75) is 13.8 Å². The topological polar surface area (TPSA) is 80.7 Å². The van der Waals surface area contributed by atoms with Crippen LogP contribution in [0.5, 0.6) is 17.4 Å². The van der Waals surface area contributed by atoms with E-state index in [-0.39, 0.29) is 0 Å². The number of pyridine rings is 1. The number of piperazine rings is 1. The molecule has 2 heterocycles. The van der Waals surface area contributed by atoms with E-state index in [9.17, 15) is 0 Å². The van der Waals surface area contributed by atoms with Crippen molar-refractivity contribution in [1.29, 1.82) is 0 Å². The normalized spacial score (nSPS) is 14.5. The molecule has 0 saturated carbocycles. The van der Waals surface area contributed by atoms with E-state index in [1.165, 1.54) is 0 Å². The van der Waals surface area contributed by atoms with Gasteiger partial charge in [0.1, 0.15) is 17.2 Å². The highest BCUT2D eigenvalue weighted by atomic mass is 16.6. The molecule has 1 aromatic heterocycles. The Balaban J connectivity index is 1.79. The van der Waals surface area contributed by atoms with E-state index >= 15 is 0 Å². The summed E-state index contributed by atoms with van der Waals surface area (Å²) in [6.45, 7) is 7.09. The Morgan fingerprint density at radius 2 is 1.55 bits per heavy atom. The maximum atomic E-state index is 5.43. The molecular formula is C22H31N5O4. The number of nitrogens with one attached hydrogen (secondary N) is 1. The average Bonchev–Trinajstić information content (AvgIpc) is 2.80. The van der Waals surface area contributed by atoms with Gasteiger partial charge in [-0.25, -0.2) is 15.5 Å². The molecule has 2 aromatic rings. The van der Waals surface area contributed by atoms with E-state index < -0.39 is 0 Å². The van der Waals surface area contributed by atoms with Gasteiger partial charge in [0.2, 0.25) is 11.8 Å². The first kappa shape index (κ1) is 22.5. The molecule has 1 aliphatic rings. The zero-order chi connectivity index (χ0) is 22.4. The third-order valence-corrected chi connectivity index (χ3v) is 5.31. The molecule has 1 aliphatic heterocycles. The highest BCUT2D eigenvalue weighted by Crippen LogP contribution is 2.30. The summed E-state index contributed by atoms with van der Waals surface area (Å²) in [5, 5.41) is 0. The van der Waals surface area contributed by atoms with Gasteiger partial charge in [-0.3, -0.25) is 4.84 Å². The molecule has 3 rings (SSSR count). The van der Waals surface area contributed by atoms with Crippen molar-refractivity contribution >= 4 is 17.3 Å². The van der Waals surface area contributed by atoms with Gasteiger partial charge in [-0.15, -0.1) is 0 Å². The number of aryl methyl sites for hydroxylation is 2. The molecule has 0 spiro atoms. The Labute approximate surface area is 183 Å². The van der Waals surface area contributed by atoms with Crippen LogP contribution in [-0.2, 0) is 4.84 Å². The van der Waals surface area contributed by atoms with Gasteiger partial charge in [0.15, 0.2) is 0 Å². The summed E-state index contributed by atoms with van der Waals surface area (Å²) >= 11 is 0. The van der Waals surface area contributed by atoms with Crippen LogP contribution in [0.3, 0.4) is 0 Å². The maximum Gasteiger partial charge on any atom is 0.240 e. The lowest BCUT2D eigenvalue weighted by Crippen LogP contribution is -2.52. The lowest BCUT2D eigenvalue weighted by Gasteiger charge is -2.37. The molecule has 9 heteroatoms. The van der Waals surface area contributed by atoms with Crippen LogP contribution in [0.25, 0.3) is 0 Å². The van der Waals surface area contributed by atoms with Gasteiger partial charge in [0.05, 0.1) is 28.4 Å². The van der Waals surface area contributed by atoms with Crippen LogP contribution >= 0.6 is 0 Å². The predicted octanol–water partition coefficient (Wildman–Crippen LogP) is 2.68. The van der Waals surface area contributed by atoms with E-state index in [1.54, 1.807) is 28.4 Å². The van der Waals surface area contributed by atoms with Gasteiger partial charge in [-0.1, -0.05) is 0 Å². The fourth-order valence-corrected chi connectivity index (χ4v) is 3.41. The number of hydrogen-bond donors (Lipinski definition) is 1. The van der Waals surface area contributed by atoms with Gasteiger partial charge < -0.3 is 24.0 Å². The molecule has 1 fully saturated rings. The van der Waals surface area contributed by atoms with Gasteiger partial charge in [0.25, 0.3) is 0 Å². The molecule has 0 bridgehead atoms. The summed E-state index contributed by atoms with van der Waals surface area (Å²) in [5.41, 5.74) is 6.60. The molecule has 0 amide bonds. The summed E-state index contributed by atoms with van der Waals surface area (Å²) in [5.74, 6) is 2.65. The number of aromatic nitrogens is 1. The van der Waals surface area contributed by atoms with Crippen LogP contribution in [0.1, 0.15) is 11.3 Å². The molecule has 1 aromatic carbocycles. The van der Waals surface area contributed by atoms with Crippen LogP contribution in [-0.4, -0.2) is 70.5 Å². The van der Waals surface area contributed by atoms with Crippen LogP contribution in [0.15, 0.2) is 29.3 Å². The molecular weight excluding hydrogens is 398 g/mol. The van der Waals surface area contributed by atoms with Crippen LogP contribution in [0.2, 0.25) is 0 Å². The summed E-state index contributed by atoms with van der Waals surface area (Å²) < 4.78 is 16.2. The third-order valence-electron chi connectivity index (χ3n) is 5.31. The number of ether oxygens (including phenoxy) is 3. The number of hydroxylamine groups is 1. The van der Waals surface area contributed by atoms with Crippen molar-refractivity contribution in [2.75, 3.05) is 59.5 Å². The van der Waals surface area contributed by atoms with E-state index in [0.717, 1.165) is 54.6 Å². The van der Waals surface area contributed by atoms with Crippen molar-refractivity contribution in [3.05, 3.63) is 35.5 Å². The zero-order valence-corrected chi connectivity index (χ0v) is 19.1. The second-order valence-electron chi connectivity index (χ2n) is 7.21. The number of anilines is 1. The van der Waals surface area contributed by atoms with Gasteiger partial charge in [0, 0.05) is 55.8 Å². The first-order valence-corrected chi connectivity index (χ1v) is 10.1. The third kappa shape index (κ3) is 5.29. The Morgan fingerprint density at radius 3 is 2.10 bits per heavy atom. The van der Waals surface area contributed by atoms with Gasteiger partial charge in [-0.2, -0.15) is 0 Å². The Hall–Kier alpha value is -3.20. The van der Waals surface area contributed by atoms with Gasteiger partial charge >= 0.3 is 0 Å². The summed E-state index contributed by atoms with van der Waals surface area (Å²) in [6.07, 6.45) is 0. The number of aliphatic imine (C=N–C) groups is 1. The SMILES string of the molecule is CONC(=Nc1cc(C)c(C)nc1OC)N1CCN(c2cc(OC)cc(OC)c2)CC1. The number of methoxy groups -OCH3 is 3. The summed E-state index contributed by atoms with van der Waals surface area (Å²) in [7, 11) is 6.49. The standard InChI is InChI=1S/C22H31N5O4/c1-15-11-20(21(30-5)23-16(15)2)24-22(25-31-6)27-9-7-26(8-10-27)17-12-18(28-3)14-19(13-17)29-4/h11-14H,7-10H2,1-6H3,(H,24,25). The van der Waals surface area contributed by atoms with Crippen LogP contribution in [0, 0.1) is 13.8 Å². The quantitative estimate of drug-likeness (QED) is 0.427. The maximum absolute atomic E-state index is 5.43. The fraction of sp³-hybridized carbons (Fsp3) is 0.455. The molecule has 1 saturated heterocycles. The molecule has 0 unspecified atom stereocenters. The summed E-state index contributed by atoms with van der Waals surface area (Å²) in [6, 6.07) is 7.88. The Morgan fingerprint density at radius 1 is 0.903 bits per heavy atom. The molecule has 31 heavy (non-hydrogen) atoms. The molecule has 0 aliphatic carbocycles. The first-order valence-electron chi connectivity index (χ1n) is 10.1. The second kappa shape index (κ2) is 10.2. The Kier molecular flexibility index (Phi) is 7.41. The van der Waals surface area contributed by atoms with Crippen molar-refractivity contribution < 1.29 is 19.0 Å². The number of rotatable bonds is 6. The van der Waals surface area contributed by atoms with Crippen LogP contribution < -0.4 is 24.6 Å². The molecule has 0 atom stereocenters. The van der Waals surface area contributed by atoms with E-state index in [0.29, 0.717) is 17.5 Å². The first-order chi connectivity index (χ1) is 15.0. The zero-order valence-electron chi connectivity index (χ0n) is 19.1. The minimum atomic E-state index is 0.487. The minimum Gasteiger partial charge on any atom is -0.497 e. The second-order valence-corrected chi connectivity index (χ2v) is 7.21. The van der Waals surface area contributed by atoms with Crippen molar-refractivity contribution in [1.82, 2.24) is 15.4 Å². The van der Waals surface area contributed by atoms with E-state index in [1.807, 2.05) is 38.1 Å². The van der Waals surface area contributed by atoms with E-state index in [4.69, 9.17) is 24.0 Å². The largest absolute Gasteiger partial charge is 0.497 e. The van der Waals surface area contributed by atoms with E-state index in [2.05, 4.69) is 20.3 Å². The number of benzene rings is 1. The number of nitrogens with zero attached hydrogens (tertiary/aromatic N) is 4. The summed E-state index contributed by atoms with van der Waals surface area (Å²) in [4.78, 5) is 18.9. The highest BCUT2D eigenvalue weighted by Gasteiger charge is 2.22. The molecule has 168 valence electrons. The Bertz CT molecular complexity index is 904. The minimum absolute atomic E-state index is 0.487. The van der Waals surface area contributed by atoms with Crippen molar-refractivity contribution in [2.24, 2.45) is 4.99 Å². The monoisotopic (exact) mass is 429 g/mol. The highest BCUT2D eigenvalue weighted by molar-refractivity contribution is 5.83. The number of guanidine groups is 1. The fourth-order valence-electron chi connectivity index (χ4n) is 3.41. The predicted molar refractivity (Wildman–Crippen MR) is 121 cm³/mol. The van der Waals surface area contributed by atoms with Gasteiger partial charge in [-0.05, 0) is 25.5 Å². The molecule has 9 nitrogen and oxygen atoms in total. The van der Waals surface area contributed by atoms with Crippen molar-refractivity contribution in [3.63, 3.8) is 0 Å².